The van der Waals surface area contributed by atoms with Crippen molar-refractivity contribution in [1.29, 1.82) is 0 Å². The van der Waals surface area contributed by atoms with Crippen molar-refractivity contribution < 1.29 is 19.8 Å². The van der Waals surface area contributed by atoms with Gasteiger partial charge >= 0.3 is 0 Å². The van der Waals surface area contributed by atoms with Gasteiger partial charge in [-0.3, -0.25) is 14.3 Å². The van der Waals surface area contributed by atoms with E-state index >= 15 is 0 Å². The van der Waals surface area contributed by atoms with E-state index in [4.69, 9.17) is 16.7 Å². The highest BCUT2D eigenvalue weighted by Crippen LogP contribution is 2.46. The van der Waals surface area contributed by atoms with Crippen LogP contribution in [0.5, 0.6) is 0 Å². The molecule has 3 heterocycles. The van der Waals surface area contributed by atoms with E-state index in [0.29, 0.717) is 48.6 Å². The highest BCUT2D eigenvalue weighted by Gasteiger charge is 2.52. The minimum atomic E-state index is -1.78. The Bertz CT molecular complexity index is 1410. The van der Waals surface area contributed by atoms with Gasteiger partial charge in [-0.2, -0.15) is 0 Å². The lowest BCUT2D eigenvalue weighted by molar-refractivity contribution is -0.139. The molecular formula is C29H32ClN5O4. The topological polar surface area (TPSA) is 112 Å². The number of aromatic nitrogens is 3. The molecule has 2 aliphatic rings. The SMILES string of the molecule is C[C@H](/C=C/CCn1cc(CCO)nn1)[C@@]1(O)C(=O)N(Cc2cccc(N3CCCC3=O)c2)c2ccc(Cl)cc21. The summed E-state index contributed by atoms with van der Waals surface area (Å²) in [6.45, 7) is 3.37. The summed E-state index contributed by atoms with van der Waals surface area (Å²) < 4.78 is 1.70. The molecule has 39 heavy (non-hydrogen) atoms. The fourth-order valence-electron chi connectivity index (χ4n) is 5.33. The normalized spacial score (nSPS) is 19.9. The van der Waals surface area contributed by atoms with E-state index in [1.165, 1.54) is 0 Å². The molecule has 1 aromatic heterocycles. The highest BCUT2D eigenvalue weighted by atomic mass is 35.5. The maximum atomic E-state index is 13.8. The Morgan fingerprint density at radius 1 is 1.21 bits per heavy atom. The summed E-state index contributed by atoms with van der Waals surface area (Å²) in [5, 5.41) is 29.4. The van der Waals surface area contributed by atoms with Crippen molar-refractivity contribution in [2.75, 3.05) is 23.0 Å². The van der Waals surface area contributed by atoms with Gasteiger partial charge in [0.2, 0.25) is 5.91 Å². The molecule has 0 radical (unpaired) electrons. The molecule has 9 nitrogen and oxygen atoms in total. The van der Waals surface area contributed by atoms with Crippen LogP contribution in [-0.2, 0) is 34.7 Å². The van der Waals surface area contributed by atoms with Gasteiger partial charge in [0, 0.05) is 60.9 Å². The summed E-state index contributed by atoms with van der Waals surface area (Å²) in [5.74, 6) is -0.834. The first-order valence-electron chi connectivity index (χ1n) is 13.2. The van der Waals surface area contributed by atoms with Gasteiger partial charge in [0.05, 0.1) is 17.9 Å². The van der Waals surface area contributed by atoms with Crippen LogP contribution in [0.25, 0.3) is 0 Å². The van der Waals surface area contributed by atoms with Crippen molar-refractivity contribution >= 4 is 34.8 Å². The molecule has 0 spiro atoms. The van der Waals surface area contributed by atoms with E-state index in [-0.39, 0.29) is 19.1 Å². The molecule has 10 heteroatoms. The Balaban J connectivity index is 1.34. The molecule has 2 amide bonds. The average Bonchev–Trinajstić information content (AvgIpc) is 3.62. The maximum absolute atomic E-state index is 13.8. The number of fused-ring (bicyclic) bond motifs is 1. The second-order valence-electron chi connectivity index (χ2n) is 10.1. The molecule has 0 bridgehead atoms. The second kappa shape index (κ2) is 11.3. The van der Waals surface area contributed by atoms with Crippen molar-refractivity contribution in [2.45, 2.75) is 51.3 Å². The number of carbonyl (C=O) groups excluding carboxylic acids is 2. The van der Waals surface area contributed by atoms with Crippen molar-refractivity contribution in [1.82, 2.24) is 15.0 Å². The van der Waals surface area contributed by atoms with Crippen LogP contribution in [0.1, 0.15) is 43.0 Å². The maximum Gasteiger partial charge on any atom is 0.264 e. The fraction of sp³-hybridized carbons (Fsp3) is 0.379. The van der Waals surface area contributed by atoms with Gasteiger partial charge in [0.25, 0.3) is 5.91 Å². The van der Waals surface area contributed by atoms with Gasteiger partial charge in [-0.15, -0.1) is 5.10 Å². The Morgan fingerprint density at radius 3 is 2.82 bits per heavy atom. The van der Waals surface area contributed by atoms with Gasteiger partial charge in [-0.05, 0) is 48.7 Å². The van der Waals surface area contributed by atoms with Crippen molar-refractivity contribution in [3.05, 3.63) is 82.7 Å². The van der Waals surface area contributed by atoms with E-state index in [9.17, 15) is 14.7 Å². The third kappa shape index (κ3) is 5.34. The molecule has 2 N–H and O–H groups in total. The molecule has 0 saturated carbocycles. The lowest BCUT2D eigenvalue weighted by atomic mass is 9.83. The Kier molecular flexibility index (Phi) is 7.83. The number of hydrogen-bond donors (Lipinski definition) is 2. The summed E-state index contributed by atoms with van der Waals surface area (Å²) in [6, 6.07) is 12.8. The zero-order valence-corrected chi connectivity index (χ0v) is 22.6. The van der Waals surface area contributed by atoms with E-state index in [1.54, 1.807) is 38.9 Å². The molecule has 1 saturated heterocycles. The number of benzene rings is 2. The van der Waals surface area contributed by atoms with Crippen LogP contribution in [0.2, 0.25) is 5.02 Å². The van der Waals surface area contributed by atoms with E-state index < -0.39 is 17.4 Å². The highest BCUT2D eigenvalue weighted by molar-refractivity contribution is 6.31. The minimum Gasteiger partial charge on any atom is -0.396 e. The van der Waals surface area contributed by atoms with Gasteiger partial charge in [-0.1, -0.05) is 48.0 Å². The number of hydrogen-bond acceptors (Lipinski definition) is 6. The van der Waals surface area contributed by atoms with Crippen molar-refractivity contribution in [3.8, 4) is 0 Å². The smallest absolute Gasteiger partial charge is 0.264 e. The molecule has 0 aliphatic carbocycles. The van der Waals surface area contributed by atoms with Gasteiger partial charge < -0.3 is 20.0 Å². The number of anilines is 2. The largest absolute Gasteiger partial charge is 0.396 e. The van der Waals surface area contributed by atoms with Crippen LogP contribution in [0.4, 0.5) is 11.4 Å². The number of halogens is 1. The number of aryl methyl sites for hydroxylation is 1. The first-order chi connectivity index (χ1) is 18.8. The van der Waals surface area contributed by atoms with Gasteiger partial charge in [0.1, 0.15) is 0 Å². The molecule has 204 valence electrons. The Hall–Kier alpha value is -3.53. The summed E-state index contributed by atoms with van der Waals surface area (Å²) in [6.07, 6.45) is 8.04. The van der Waals surface area contributed by atoms with E-state index in [2.05, 4.69) is 10.3 Å². The summed E-state index contributed by atoms with van der Waals surface area (Å²) in [7, 11) is 0. The Labute approximate surface area is 232 Å². The molecule has 2 aromatic carbocycles. The van der Waals surface area contributed by atoms with Gasteiger partial charge in [0.15, 0.2) is 5.60 Å². The molecule has 2 aliphatic heterocycles. The third-order valence-corrected chi connectivity index (χ3v) is 7.67. The summed E-state index contributed by atoms with van der Waals surface area (Å²) in [5.41, 5.74) is 1.73. The lowest BCUT2D eigenvalue weighted by Gasteiger charge is -2.28. The number of nitrogens with zero attached hydrogens (tertiary/aromatic N) is 5. The summed E-state index contributed by atoms with van der Waals surface area (Å²) >= 11 is 6.31. The monoisotopic (exact) mass is 549 g/mol. The van der Waals surface area contributed by atoms with Crippen LogP contribution in [0, 0.1) is 5.92 Å². The third-order valence-electron chi connectivity index (χ3n) is 7.43. The number of carbonyl (C=O) groups is 2. The number of allylic oxidation sites excluding steroid dienone is 1. The zero-order valence-electron chi connectivity index (χ0n) is 21.8. The van der Waals surface area contributed by atoms with Crippen LogP contribution in [0.3, 0.4) is 0 Å². The minimum absolute atomic E-state index is 0.0226. The average molecular weight is 550 g/mol. The van der Waals surface area contributed by atoms with E-state index in [1.807, 2.05) is 43.3 Å². The first kappa shape index (κ1) is 27.1. The quantitative estimate of drug-likeness (QED) is 0.374. The standard InChI is InChI=1S/C29H32ClN5O4/c1-20(6-2-3-13-33-19-23(12-15-36)31-32-33)29(39)25-17-22(30)10-11-26(25)35(28(29)38)18-21-7-4-8-24(16-21)34-14-5-9-27(34)37/h2,4,6-8,10-11,16-17,19-20,36,39H,3,5,9,12-15,18H2,1H3/b6-2+/t20-,29+/m1/s1. The molecule has 5 rings (SSSR count). The predicted octanol–water partition coefficient (Wildman–Crippen LogP) is 3.61. The lowest BCUT2D eigenvalue weighted by Crippen LogP contribution is -2.44. The Morgan fingerprint density at radius 2 is 2.05 bits per heavy atom. The molecule has 3 aromatic rings. The van der Waals surface area contributed by atoms with Crippen LogP contribution >= 0.6 is 11.6 Å². The molecule has 1 fully saturated rings. The van der Waals surface area contributed by atoms with Crippen LogP contribution < -0.4 is 9.80 Å². The molecule has 0 unspecified atom stereocenters. The predicted molar refractivity (Wildman–Crippen MR) is 148 cm³/mol. The number of rotatable bonds is 10. The van der Waals surface area contributed by atoms with Crippen molar-refractivity contribution in [2.24, 2.45) is 5.92 Å². The van der Waals surface area contributed by atoms with Crippen LogP contribution in [-0.4, -0.2) is 50.2 Å². The first-order valence-corrected chi connectivity index (χ1v) is 13.6. The molecule has 2 atom stereocenters. The number of aliphatic hydroxyl groups is 2. The fourth-order valence-corrected chi connectivity index (χ4v) is 5.50. The zero-order chi connectivity index (χ0) is 27.6. The summed E-state index contributed by atoms with van der Waals surface area (Å²) in [4.78, 5) is 29.5. The van der Waals surface area contributed by atoms with Crippen molar-refractivity contribution in [3.63, 3.8) is 0 Å². The second-order valence-corrected chi connectivity index (χ2v) is 10.5. The molecular weight excluding hydrogens is 518 g/mol. The van der Waals surface area contributed by atoms with Crippen LogP contribution in [0.15, 0.2) is 60.8 Å². The van der Waals surface area contributed by atoms with E-state index in [0.717, 1.165) is 23.4 Å². The number of aliphatic hydroxyl groups excluding tert-OH is 1. The van der Waals surface area contributed by atoms with Gasteiger partial charge in [-0.25, -0.2) is 0 Å². The number of amides is 2.